The summed E-state index contributed by atoms with van der Waals surface area (Å²) < 4.78 is 59.1. The third-order valence-corrected chi connectivity index (χ3v) is 6.75. The third kappa shape index (κ3) is 13.6. The fourth-order valence-electron chi connectivity index (χ4n) is 4.44. The number of halogens is 4. The summed E-state index contributed by atoms with van der Waals surface area (Å²) in [6, 6.07) is 1.13. The maximum absolute atomic E-state index is 14.1. The van der Waals surface area contributed by atoms with Crippen LogP contribution in [0.5, 0.6) is 0 Å². The second kappa shape index (κ2) is 19.0. The Labute approximate surface area is 226 Å². The van der Waals surface area contributed by atoms with Crippen molar-refractivity contribution >= 4 is 11.9 Å². The molecule has 0 spiro atoms. The first-order valence-corrected chi connectivity index (χ1v) is 14.4. The van der Waals surface area contributed by atoms with Crippen LogP contribution in [0.2, 0.25) is 0 Å². The average Bonchev–Trinajstić information content (AvgIpc) is 2.85. The molecule has 0 saturated heterocycles. The van der Waals surface area contributed by atoms with Crippen LogP contribution in [0.3, 0.4) is 0 Å². The van der Waals surface area contributed by atoms with E-state index >= 15 is 0 Å². The maximum atomic E-state index is 14.1. The summed E-state index contributed by atoms with van der Waals surface area (Å²) >= 11 is 0. The molecule has 0 fully saturated rings. The summed E-state index contributed by atoms with van der Waals surface area (Å²) in [5.74, 6) is -3.78. The van der Waals surface area contributed by atoms with E-state index in [1.54, 1.807) is 13.8 Å². The molecule has 1 atom stereocenters. The minimum absolute atomic E-state index is 0.170. The zero-order valence-corrected chi connectivity index (χ0v) is 23.4. The number of hydrogen-bond donors (Lipinski definition) is 1. The van der Waals surface area contributed by atoms with Crippen molar-refractivity contribution in [2.45, 2.75) is 129 Å². The minimum Gasteiger partial charge on any atom is -0.464 e. The largest absolute Gasteiger partial charge is 0.464 e. The van der Waals surface area contributed by atoms with Crippen LogP contribution in [0.1, 0.15) is 133 Å². The molecule has 0 aliphatic rings. The lowest BCUT2D eigenvalue weighted by molar-refractivity contribution is -0.147. The molecule has 0 saturated carbocycles. The fraction of sp³-hybridized carbons (Fsp3) is 0.733. The van der Waals surface area contributed by atoms with Gasteiger partial charge in [0.05, 0.1) is 17.7 Å². The number of esters is 1. The number of nitrogens with one attached hydrogen (secondary N) is 1. The number of rotatable bonds is 20. The van der Waals surface area contributed by atoms with Crippen LogP contribution in [0.4, 0.5) is 17.6 Å². The van der Waals surface area contributed by atoms with Crippen molar-refractivity contribution in [1.29, 1.82) is 0 Å². The van der Waals surface area contributed by atoms with Crippen molar-refractivity contribution in [3.05, 3.63) is 35.1 Å². The molecule has 0 aromatic heterocycles. The summed E-state index contributed by atoms with van der Waals surface area (Å²) in [7, 11) is 0. The van der Waals surface area contributed by atoms with Gasteiger partial charge < -0.3 is 10.1 Å². The van der Waals surface area contributed by atoms with Gasteiger partial charge in [-0.15, -0.1) is 0 Å². The van der Waals surface area contributed by atoms with Gasteiger partial charge in [0.1, 0.15) is 11.9 Å². The van der Waals surface area contributed by atoms with Gasteiger partial charge >= 0.3 is 12.1 Å². The van der Waals surface area contributed by atoms with E-state index in [4.69, 9.17) is 4.74 Å². The van der Waals surface area contributed by atoms with E-state index in [0.29, 0.717) is 12.5 Å². The number of unbranched alkanes of at least 4 members (excludes halogenated alkanes) is 14. The number of alkyl halides is 3. The molecule has 0 aliphatic carbocycles. The molecule has 4 nitrogen and oxygen atoms in total. The molecule has 0 radical (unpaired) electrons. The first-order chi connectivity index (χ1) is 18.1. The lowest BCUT2D eigenvalue weighted by atomic mass is 10.0. The molecule has 1 unspecified atom stereocenters. The number of hydrogen-bond acceptors (Lipinski definition) is 3. The van der Waals surface area contributed by atoms with E-state index in [2.05, 4.69) is 12.2 Å². The Hall–Kier alpha value is -2.12. The molecule has 0 aliphatic heterocycles. The van der Waals surface area contributed by atoms with Crippen molar-refractivity contribution in [2.75, 3.05) is 6.61 Å². The highest BCUT2D eigenvalue weighted by Crippen LogP contribution is 2.33. The van der Waals surface area contributed by atoms with Gasteiger partial charge in [-0.1, -0.05) is 117 Å². The Morgan fingerprint density at radius 2 is 1.29 bits per heavy atom. The van der Waals surface area contributed by atoms with Crippen LogP contribution in [0.25, 0.3) is 0 Å². The minimum atomic E-state index is -4.91. The van der Waals surface area contributed by atoms with Gasteiger partial charge in [0, 0.05) is 0 Å². The van der Waals surface area contributed by atoms with E-state index in [9.17, 15) is 27.2 Å². The number of amides is 1. The van der Waals surface area contributed by atoms with Crippen LogP contribution < -0.4 is 5.32 Å². The van der Waals surface area contributed by atoms with Gasteiger partial charge in [-0.3, -0.25) is 4.79 Å². The van der Waals surface area contributed by atoms with E-state index in [1.807, 2.05) is 0 Å². The molecular weight excluding hydrogens is 498 g/mol. The molecule has 0 heterocycles. The van der Waals surface area contributed by atoms with Crippen molar-refractivity contribution in [1.82, 2.24) is 5.32 Å². The Bertz CT molecular complexity index is 811. The van der Waals surface area contributed by atoms with Gasteiger partial charge in [0.25, 0.3) is 5.91 Å². The normalized spacial score (nSPS) is 12.5. The average molecular weight is 546 g/mol. The molecule has 38 heavy (non-hydrogen) atoms. The van der Waals surface area contributed by atoms with E-state index in [0.717, 1.165) is 31.4 Å². The number of carbonyl (C=O) groups excluding carboxylic acids is 2. The quantitative estimate of drug-likeness (QED) is 0.101. The van der Waals surface area contributed by atoms with E-state index in [-0.39, 0.29) is 6.61 Å². The van der Waals surface area contributed by atoms with Gasteiger partial charge in [0.15, 0.2) is 0 Å². The molecule has 1 amide bonds. The lowest BCUT2D eigenvalue weighted by Gasteiger charge is -2.22. The van der Waals surface area contributed by atoms with Crippen LogP contribution in [-0.2, 0) is 15.7 Å². The van der Waals surface area contributed by atoms with Crippen LogP contribution in [0.15, 0.2) is 18.2 Å². The molecular formula is C30H47F4NO3. The van der Waals surface area contributed by atoms with Crippen molar-refractivity contribution in [3.8, 4) is 0 Å². The molecule has 1 N–H and O–H groups in total. The van der Waals surface area contributed by atoms with Crippen LogP contribution in [0, 0.1) is 11.7 Å². The Morgan fingerprint density at radius 3 is 1.74 bits per heavy atom. The second-order valence-electron chi connectivity index (χ2n) is 10.5. The topological polar surface area (TPSA) is 55.4 Å². The van der Waals surface area contributed by atoms with E-state index < -0.39 is 47.0 Å². The Kier molecular flexibility index (Phi) is 17.0. The van der Waals surface area contributed by atoms with Crippen LogP contribution in [-0.4, -0.2) is 24.5 Å². The number of benzene rings is 1. The molecule has 1 aromatic carbocycles. The first-order valence-electron chi connectivity index (χ1n) is 14.4. The van der Waals surface area contributed by atoms with Gasteiger partial charge in [0.2, 0.25) is 0 Å². The summed E-state index contributed by atoms with van der Waals surface area (Å²) in [5.41, 5.74) is -2.51. The molecule has 8 heteroatoms. The highest BCUT2D eigenvalue weighted by Gasteiger charge is 2.38. The predicted octanol–water partition coefficient (Wildman–Crippen LogP) is 9.01. The van der Waals surface area contributed by atoms with E-state index in [1.165, 1.54) is 70.6 Å². The van der Waals surface area contributed by atoms with Gasteiger partial charge in [-0.05, 0) is 24.5 Å². The summed E-state index contributed by atoms with van der Waals surface area (Å²) in [6.45, 7) is 5.67. The Balaban J connectivity index is 2.26. The maximum Gasteiger partial charge on any atom is 0.417 e. The highest BCUT2D eigenvalue weighted by atomic mass is 19.4. The van der Waals surface area contributed by atoms with Crippen molar-refractivity contribution in [3.63, 3.8) is 0 Å². The SMILES string of the molecule is CCCCCCCCCCCCCCCCCOC(=O)C(NC(=O)c1c(F)cccc1C(F)(F)F)C(C)C. The van der Waals surface area contributed by atoms with Crippen molar-refractivity contribution in [2.24, 2.45) is 5.92 Å². The van der Waals surface area contributed by atoms with Crippen molar-refractivity contribution < 1.29 is 31.9 Å². The third-order valence-electron chi connectivity index (χ3n) is 6.75. The smallest absolute Gasteiger partial charge is 0.417 e. The monoisotopic (exact) mass is 545 g/mol. The van der Waals surface area contributed by atoms with Gasteiger partial charge in [-0.2, -0.15) is 13.2 Å². The molecule has 1 aromatic rings. The van der Waals surface area contributed by atoms with Gasteiger partial charge in [-0.25, -0.2) is 9.18 Å². The number of ether oxygens (including phenoxy) is 1. The zero-order valence-electron chi connectivity index (χ0n) is 23.4. The fourth-order valence-corrected chi connectivity index (χ4v) is 4.44. The molecule has 218 valence electrons. The second-order valence-corrected chi connectivity index (χ2v) is 10.5. The Morgan fingerprint density at radius 1 is 0.816 bits per heavy atom. The predicted molar refractivity (Wildman–Crippen MR) is 143 cm³/mol. The zero-order chi connectivity index (χ0) is 28.4. The summed E-state index contributed by atoms with van der Waals surface area (Å²) in [4.78, 5) is 25.0. The highest BCUT2D eigenvalue weighted by molar-refractivity contribution is 5.98. The lowest BCUT2D eigenvalue weighted by Crippen LogP contribution is -2.46. The standard InChI is InChI=1S/C30H47F4NO3/c1-4-5-6-7-8-9-10-11-12-13-14-15-16-17-18-22-38-29(37)27(23(2)3)35-28(36)26-24(30(32,33)34)20-19-21-25(26)31/h19-21,23,27H,4-18,22H2,1-3H3,(H,35,36). The first kappa shape index (κ1) is 33.9. The summed E-state index contributed by atoms with van der Waals surface area (Å²) in [6.07, 6.45) is 13.3. The molecule has 0 bridgehead atoms. The number of carbonyl (C=O) groups is 2. The molecule has 1 rings (SSSR count). The van der Waals surface area contributed by atoms with Crippen LogP contribution >= 0.6 is 0 Å². The summed E-state index contributed by atoms with van der Waals surface area (Å²) in [5, 5.41) is 2.24.